The summed E-state index contributed by atoms with van der Waals surface area (Å²) in [6.45, 7) is 7.41. The Balaban J connectivity index is 2.20. The molecule has 1 aliphatic rings. The van der Waals surface area contributed by atoms with Crippen molar-refractivity contribution in [3.8, 4) is 0 Å². The quantitative estimate of drug-likeness (QED) is 0.925. The van der Waals surface area contributed by atoms with Crippen LogP contribution >= 0.6 is 11.8 Å². The number of benzene rings is 1. The summed E-state index contributed by atoms with van der Waals surface area (Å²) in [5.41, 5.74) is 3.89. The standard InChI is InChI=1S/C16H23NO2S/c1-11-4-5-15(12(2)8-11)13(3)17-6-7-20-10-14(17)9-16(18)19/h4-5,8,13-14H,6-7,9-10H2,1-3H3,(H,18,19). The predicted molar refractivity (Wildman–Crippen MR) is 84.4 cm³/mol. The van der Waals surface area contributed by atoms with Gasteiger partial charge in [-0.2, -0.15) is 11.8 Å². The third kappa shape index (κ3) is 3.55. The van der Waals surface area contributed by atoms with Crippen LogP contribution in [0.1, 0.15) is 36.1 Å². The van der Waals surface area contributed by atoms with Crippen LogP contribution in [0.5, 0.6) is 0 Å². The molecule has 0 radical (unpaired) electrons. The average molecular weight is 293 g/mol. The maximum absolute atomic E-state index is 11.0. The maximum Gasteiger partial charge on any atom is 0.304 e. The van der Waals surface area contributed by atoms with Gasteiger partial charge in [0.1, 0.15) is 0 Å². The summed E-state index contributed by atoms with van der Waals surface area (Å²) >= 11 is 1.86. The van der Waals surface area contributed by atoms with Gasteiger partial charge in [-0.1, -0.05) is 23.8 Å². The van der Waals surface area contributed by atoms with Crippen LogP contribution in [0.15, 0.2) is 18.2 Å². The monoisotopic (exact) mass is 293 g/mol. The molecule has 2 unspecified atom stereocenters. The Bertz CT molecular complexity index is 489. The van der Waals surface area contributed by atoms with Gasteiger partial charge < -0.3 is 5.11 Å². The lowest BCUT2D eigenvalue weighted by Gasteiger charge is -2.39. The summed E-state index contributed by atoms with van der Waals surface area (Å²) in [5.74, 6) is 1.31. The highest BCUT2D eigenvalue weighted by Gasteiger charge is 2.29. The van der Waals surface area contributed by atoms with Gasteiger partial charge in [-0.3, -0.25) is 9.69 Å². The van der Waals surface area contributed by atoms with Crippen molar-refractivity contribution >= 4 is 17.7 Å². The molecule has 2 rings (SSSR count). The van der Waals surface area contributed by atoms with Crippen LogP contribution in [0.25, 0.3) is 0 Å². The van der Waals surface area contributed by atoms with Crippen LogP contribution in [-0.4, -0.2) is 40.1 Å². The molecule has 1 fully saturated rings. The number of hydrogen-bond acceptors (Lipinski definition) is 3. The lowest BCUT2D eigenvalue weighted by Crippen LogP contribution is -2.45. The topological polar surface area (TPSA) is 40.5 Å². The van der Waals surface area contributed by atoms with Gasteiger partial charge in [-0.05, 0) is 31.9 Å². The molecule has 0 bridgehead atoms. The number of aliphatic carboxylic acids is 1. The van der Waals surface area contributed by atoms with Crippen molar-refractivity contribution in [1.29, 1.82) is 0 Å². The molecule has 0 saturated carbocycles. The molecule has 0 amide bonds. The van der Waals surface area contributed by atoms with E-state index in [0.717, 1.165) is 18.1 Å². The van der Waals surface area contributed by atoms with Gasteiger partial charge in [0.05, 0.1) is 6.42 Å². The summed E-state index contributed by atoms with van der Waals surface area (Å²) in [7, 11) is 0. The highest BCUT2D eigenvalue weighted by Crippen LogP contribution is 2.30. The Morgan fingerprint density at radius 3 is 2.90 bits per heavy atom. The molecule has 2 atom stereocenters. The van der Waals surface area contributed by atoms with Gasteiger partial charge in [-0.15, -0.1) is 0 Å². The molecule has 1 aromatic rings. The van der Waals surface area contributed by atoms with Crippen LogP contribution < -0.4 is 0 Å². The van der Waals surface area contributed by atoms with E-state index in [4.69, 9.17) is 5.11 Å². The van der Waals surface area contributed by atoms with Crippen LogP contribution in [0, 0.1) is 13.8 Å². The van der Waals surface area contributed by atoms with E-state index in [0.29, 0.717) is 0 Å². The third-order valence-corrected chi connectivity index (χ3v) is 5.15. The molecule has 20 heavy (non-hydrogen) atoms. The minimum absolute atomic E-state index is 0.141. The Morgan fingerprint density at radius 2 is 2.25 bits per heavy atom. The molecule has 1 aromatic carbocycles. The normalized spacial score (nSPS) is 21.6. The molecule has 0 aliphatic carbocycles. The molecular formula is C16H23NO2S. The fourth-order valence-electron chi connectivity index (χ4n) is 3.03. The van der Waals surface area contributed by atoms with Crippen molar-refractivity contribution in [3.05, 3.63) is 34.9 Å². The summed E-state index contributed by atoms with van der Waals surface area (Å²) in [6.07, 6.45) is 0.238. The first-order valence-corrected chi connectivity index (χ1v) is 8.27. The van der Waals surface area contributed by atoms with E-state index in [-0.39, 0.29) is 18.5 Å². The van der Waals surface area contributed by atoms with E-state index in [2.05, 4.69) is 43.9 Å². The van der Waals surface area contributed by atoms with Gasteiger partial charge >= 0.3 is 5.97 Å². The highest BCUT2D eigenvalue weighted by molar-refractivity contribution is 7.99. The number of carboxylic acids is 1. The fraction of sp³-hybridized carbons (Fsp3) is 0.562. The lowest BCUT2D eigenvalue weighted by molar-refractivity contribution is -0.138. The van der Waals surface area contributed by atoms with Crippen molar-refractivity contribution < 1.29 is 9.90 Å². The van der Waals surface area contributed by atoms with E-state index in [1.165, 1.54) is 16.7 Å². The summed E-state index contributed by atoms with van der Waals surface area (Å²) in [4.78, 5) is 13.4. The Hall–Kier alpha value is -1.00. The lowest BCUT2D eigenvalue weighted by atomic mass is 9.97. The van der Waals surface area contributed by atoms with Gasteiger partial charge in [0.25, 0.3) is 0 Å². The van der Waals surface area contributed by atoms with Crippen LogP contribution in [0.3, 0.4) is 0 Å². The second-order valence-electron chi connectivity index (χ2n) is 5.60. The van der Waals surface area contributed by atoms with Crippen LogP contribution in [0.4, 0.5) is 0 Å². The van der Waals surface area contributed by atoms with Gasteiger partial charge in [0.2, 0.25) is 0 Å². The fourth-order valence-corrected chi connectivity index (χ4v) is 4.12. The minimum atomic E-state index is -0.699. The summed E-state index contributed by atoms with van der Waals surface area (Å²) in [6, 6.07) is 6.96. The molecular weight excluding hydrogens is 270 g/mol. The second kappa shape index (κ2) is 6.64. The molecule has 1 N–H and O–H groups in total. The first-order chi connectivity index (χ1) is 9.49. The highest BCUT2D eigenvalue weighted by atomic mass is 32.2. The average Bonchev–Trinajstić information content (AvgIpc) is 2.38. The predicted octanol–water partition coefficient (Wildman–Crippen LogP) is 3.26. The summed E-state index contributed by atoms with van der Waals surface area (Å²) in [5, 5.41) is 9.09. The van der Waals surface area contributed by atoms with E-state index in [1.54, 1.807) is 0 Å². The number of aryl methyl sites for hydroxylation is 2. The molecule has 1 saturated heterocycles. The Labute approximate surface area is 125 Å². The van der Waals surface area contributed by atoms with Crippen molar-refractivity contribution in [3.63, 3.8) is 0 Å². The van der Waals surface area contributed by atoms with Gasteiger partial charge in [-0.25, -0.2) is 0 Å². The van der Waals surface area contributed by atoms with Crippen molar-refractivity contribution in [2.24, 2.45) is 0 Å². The minimum Gasteiger partial charge on any atom is -0.481 e. The SMILES string of the molecule is Cc1ccc(C(C)N2CCSCC2CC(=O)O)c(C)c1. The number of carboxylic acid groups (broad SMARTS) is 1. The number of hydrogen-bond donors (Lipinski definition) is 1. The Morgan fingerprint density at radius 1 is 1.50 bits per heavy atom. The first-order valence-electron chi connectivity index (χ1n) is 7.11. The molecule has 0 spiro atoms. The molecule has 3 nitrogen and oxygen atoms in total. The smallest absolute Gasteiger partial charge is 0.304 e. The van der Waals surface area contributed by atoms with Crippen molar-refractivity contribution in [1.82, 2.24) is 4.90 Å². The zero-order valence-corrected chi connectivity index (χ0v) is 13.2. The first kappa shape index (κ1) is 15.4. The van der Waals surface area contributed by atoms with Crippen molar-refractivity contribution in [2.75, 3.05) is 18.1 Å². The van der Waals surface area contributed by atoms with E-state index >= 15 is 0 Å². The zero-order valence-electron chi connectivity index (χ0n) is 12.4. The number of carbonyl (C=O) groups is 1. The van der Waals surface area contributed by atoms with Crippen LogP contribution in [0.2, 0.25) is 0 Å². The molecule has 4 heteroatoms. The number of nitrogens with zero attached hydrogens (tertiary/aromatic N) is 1. The largest absolute Gasteiger partial charge is 0.481 e. The zero-order chi connectivity index (χ0) is 14.7. The Kier molecular flexibility index (Phi) is 5.11. The number of thioether (sulfide) groups is 1. The maximum atomic E-state index is 11.0. The van der Waals surface area contributed by atoms with Gasteiger partial charge in [0.15, 0.2) is 0 Å². The third-order valence-electron chi connectivity index (χ3n) is 4.06. The van der Waals surface area contributed by atoms with E-state index < -0.39 is 5.97 Å². The van der Waals surface area contributed by atoms with E-state index in [9.17, 15) is 4.79 Å². The summed E-state index contributed by atoms with van der Waals surface area (Å²) < 4.78 is 0. The molecule has 1 heterocycles. The van der Waals surface area contributed by atoms with Gasteiger partial charge in [0, 0.05) is 30.1 Å². The molecule has 110 valence electrons. The molecule has 0 aromatic heterocycles. The van der Waals surface area contributed by atoms with Crippen LogP contribution in [-0.2, 0) is 4.79 Å². The number of rotatable bonds is 4. The van der Waals surface area contributed by atoms with Crippen molar-refractivity contribution in [2.45, 2.75) is 39.3 Å². The van der Waals surface area contributed by atoms with E-state index in [1.807, 2.05) is 11.8 Å². The molecule has 1 aliphatic heterocycles. The second-order valence-corrected chi connectivity index (χ2v) is 6.75.